The third-order valence-electron chi connectivity index (χ3n) is 5.96. The molecule has 2 aliphatic rings. The maximum absolute atomic E-state index is 12.6. The van der Waals surface area contributed by atoms with E-state index in [1.165, 1.54) is 31.2 Å². The molecule has 0 aromatic heterocycles. The highest BCUT2D eigenvalue weighted by Gasteiger charge is 2.26. The van der Waals surface area contributed by atoms with Crippen LogP contribution in [0.3, 0.4) is 0 Å². The summed E-state index contributed by atoms with van der Waals surface area (Å²) in [5.41, 5.74) is 3.14. The van der Waals surface area contributed by atoms with E-state index in [0.717, 1.165) is 17.7 Å². The van der Waals surface area contributed by atoms with Crippen molar-refractivity contribution in [3.63, 3.8) is 0 Å². The fraction of sp³-hybridized carbons (Fsp3) is 0.417. The Morgan fingerprint density at radius 3 is 2.69 bits per heavy atom. The summed E-state index contributed by atoms with van der Waals surface area (Å²) < 4.78 is 5.75. The number of anilines is 1. The van der Waals surface area contributed by atoms with Crippen molar-refractivity contribution in [1.29, 1.82) is 0 Å². The maximum atomic E-state index is 12.6. The molecule has 1 atom stereocenters. The molecule has 0 spiro atoms. The summed E-state index contributed by atoms with van der Waals surface area (Å²) in [6.45, 7) is 0.00313. The Balaban J connectivity index is 1.35. The van der Waals surface area contributed by atoms with Crippen LogP contribution >= 0.6 is 0 Å². The number of rotatable bonds is 7. The molecule has 2 N–H and O–H groups in total. The molecule has 2 amide bonds. The first-order valence-electron chi connectivity index (χ1n) is 10.6. The summed E-state index contributed by atoms with van der Waals surface area (Å²) in [6, 6.07) is 16.1. The first-order valence-corrected chi connectivity index (χ1v) is 10.6. The highest BCUT2D eigenvalue weighted by atomic mass is 16.5. The third-order valence-corrected chi connectivity index (χ3v) is 5.96. The molecule has 1 heterocycles. The van der Waals surface area contributed by atoms with Crippen molar-refractivity contribution in [2.24, 2.45) is 5.92 Å². The van der Waals surface area contributed by atoms with Crippen molar-refractivity contribution >= 4 is 17.5 Å². The lowest BCUT2D eigenvalue weighted by molar-refractivity contribution is -0.124. The van der Waals surface area contributed by atoms with E-state index in [1.807, 2.05) is 30.3 Å². The van der Waals surface area contributed by atoms with Crippen LogP contribution in [0.15, 0.2) is 48.5 Å². The zero-order valence-corrected chi connectivity index (χ0v) is 16.7. The summed E-state index contributed by atoms with van der Waals surface area (Å²) in [4.78, 5) is 24.1. The number of aryl methyl sites for hydroxylation is 1. The fourth-order valence-corrected chi connectivity index (χ4v) is 4.41. The molecule has 2 aromatic rings. The van der Waals surface area contributed by atoms with E-state index in [4.69, 9.17) is 4.74 Å². The average molecular weight is 392 g/mol. The molecule has 29 heavy (non-hydrogen) atoms. The Labute approximate surface area is 171 Å². The standard InChI is InChI=1S/C24H28N2O3/c27-23-13-10-19-15-20(11-12-21(19)25-23)29-16-24(28)26-22(18-8-4-5-9-18)14-17-6-2-1-3-7-17/h1-3,6-7,11-12,15,18,22H,4-5,8-10,13-14,16H2,(H,25,27)(H,26,28). The third kappa shape index (κ3) is 5.17. The van der Waals surface area contributed by atoms with Crippen LogP contribution in [0.25, 0.3) is 0 Å². The van der Waals surface area contributed by atoms with Gasteiger partial charge in [-0.1, -0.05) is 43.2 Å². The monoisotopic (exact) mass is 392 g/mol. The van der Waals surface area contributed by atoms with E-state index >= 15 is 0 Å². The Bertz CT molecular complexity index is 860. The zero-order chi connectivity index (χ0) is 20.1. The number of benzene rings is 2. The molecule has 1 aliphatic carbocycles. The number of carbonyl (C=O) groups is 2. The Hall–Kier alpha value is -2.82. The number of ether oxygens (including phenoxy) is 1. The van der Waals surface area contributed by atoms with E-state index in [1.54, 1.807) is 6.07 Å². The normalized spacial score (nSPS) is 17.3. The SMILES string of the molecule is O=C1CCc2cc(OCC(=O)NC(Cc3ccccc3)C3CCCC3)ccc2N1. The minimum Gasteiger partial charge on any atom is -0.484 e. The first kappa shape index (κ1) is 19.5. The molecule has 1 saturated carbocycles. The number of fused-ring (bicyclic) bond motifs is 1. The van der Waals surface area contributed by atoms with Gasteiger partial charge in [0.25, 0.3) is 5.91 Å². The maximum Gasteiger partial charge on any atom is 0.258 e. The summed E-state index contributed by atoms with van der Waals surface area (Å²) in [7, 11) is 0. The molecule has 0 radical (unpaired) electrons. The van der Waals surface area contributed by atoms with Gasteiger partial charge in [-0.15, -0.1) is 0 Å². The molecular formula is C24H28N2O3. The van der Waals surface area contributed by atoms with Crippen molar-refractivity contribution < 1.29 is 14.3 Å². The van der Waals surface area contributed by atoms with Crippen molar-refractivity contribution in [3.05, 3.63) is 59.7 Å². The largest absolute Gasteiger partial charge is 0.484 e. The van der Waals surface area contributed by atoms with Crippen LogP contribution in [0.2, 0.25) is 0 Å². The lowest BCUT2D eigenvalue weighted by atomic mass is 9.92. The number of hydrogen-bond acceptors (Lipinski definition) is 3. The van der Waals surface area contributed by atoms with Crippen LogP contribution in [0.5, 0.6) is 5.75 Å². The molecule has 0 bridgehead atoms. The van der Waals surface area contributed by atoms with Gasteiger partial charge in [-0.3, -0.25) is 9.59 Å². The van der Waals surface area contributed by atoms with Crippen LogP contribution < -0.4 is 15.4 Å². The van der Waals surface area contributed by atoms with Gasteiger partial charge in [0.05, 0.1) is 0 Å². The highest BCUT2D eigenvalue weighted by Crippen LogP contribution is 2.30. The van der Waals surface area contributed by atoms with E-state index in [0.29, 0.717) is 24.5 Å². The van der Waals surface area contributed by atoms with E-state index in [-0.39, 0.29) is 24.5 Å². The van der Waals surface area contributed by atoms with Crippen LogP contribution in [0.1, 0.15) is 43.2 Å². The van der Waals surface area contributed by atoms with Gasteiger partial charge in [0.15, 0.2) is 6.61 Å². The summed E-state index contributed by atoms with van der Waals surface area (Å²) in [6.07, 6.45) is 6.88. The molecule has 1 aliphatic heterocycles. The molecule has 152 valence electrons. The lowest BCUT2D eigenvalue weighted by Crippen LogP contribution is -2.43. The molecule has 5 heteroatoms. The van der Waals surface area contributed by atoms with Gasteiger partial charge >= 0.3 is 0 Å². The molecule has 5 nitrogen and oxygen atoms in total. The van der Waals surface area contributed by atoms with Crippen LogP contribution in [-0.4, -0.2) is 24.5 Å². The second-order valence-corrected chi connectivity index (χ2v) is 8.06. The minimum absolute atomic E-state index is 0.00313. The van der Waals surface area contributed by atoms with Crippen LogP contribution in [0, 0.1) is 5.92 Å². The van der Waals surface area contributed by atoms with E-state index < -0.39 is 0 Å². The van der Waals surface area contributed by atoms with Crippen molar-refractivity contribution in [2.45, 2.75) is 51.0 Å². The zero-order valence-electron chi connectivity index (χ0n) is 16.7. The summed E-state index contributed by atoms with van der Waals surface area (Å²) in [5.74, 6) is 1.16. The smallest absolute Gasteiger partial charge is 0.258 e. The molecular weight excluding hydrogens is 364 g/mol. The topological polar surface area (TPSA) is 67.4 Å². The highest BCUT2D eigenvalue weighted by molar-refractivity contribution is 5.94. The van der Waals surface area contributed by atoms with Gasteiger partial charge in [0, 0.05) is 18.2 Å². The number of nitrogens with one attached hydrogen (secondary N) is 2. The minimum atomic E-state index is -0.0798. The number of carbonyl (C=O) groups excluding carboxylic acids is 2. The molecule has 2 aromatic carbocycles. The summed E-state index contributed by atoms with van der Waals surface area (Å²) in [5, 5.41) is 6.08. The average Bonchev–Trinajstić information content (AvgIpc) is 3.27. The Morgan fingerprint density at radius 2 is 1.90 bits per heavy atom. The van der Waals surface area contributed by atoms with Crippen molar-refractivity contribution in [1.82, 2.24) is 5.32 Å². The van der Waals surface area contributed by atoms with Crippen LogP contribution in [0.4, 0.5) is 5.69 Å². The predicted molar refractivity (Wildman–Crippen MR) is 113 cm³/mol. The number of amides is 2. The molecule has 1 fully saturated rings. The van der Waals surface area contributed by atoms with E-state index in [2.05, 4.69) is 22.8 Å². The summed E-state index contributed by atoms with van der Waals surface area (Å²) >= 11 is 0. The van der Waals surface area contributed by atoms with Crippen LogP contribution in [-0.2, 0) is 22.4 Å². The fourth-order valence-electron chi connectivity index (χ4n) is 4.41. The van der Waals surface area contributed by atoms with Crippen molar-refractivity contribution in [2.75, 3.05) is 11.9 Å². The lowest BCUT2D eigenvalue weighted by Gasteiger charge is -2.25. The number of hydrogen-bond donors (Lipinski definition) is 2. The predicted octanol–water partition coefficient (Wildman–Crippen LogP) is 3.87. The van der Waals surface area contributed by atoms with Gasteiger partial charge in [0.1, 0.15) is 5.75 Å². The molecule has 1 unspecified atom stereocenters. The van der Waals surface area contributed by atoms with Gasteiger partial charge < -0.3 is 15.4 Å². The van der Waals surface area contributed by atoms with Gasteiger partial charge in [-0.2, -0.15) is 0 Å². The quantitative estimate of drug-likeness (QED) is 0.752. The Morgan fingerprint density at radius 1 is 1.10 bits per heavy atom. The van der Waals surface area contributed by atoms with Gasteiger partial charge in [0.2, 0.25) is 5.91 Å². The van der Waals surface area contributed by atoms with Crippen molar-refractivity contribution in [3.8, 4) is 5.75 Å². The van der Waals surface area contributed by atoms with Gasteiger partial charge in [-0.25, -0.2) is 0 Å². The second-order valence-electron chi connectivity index (χ2n) is 8.06. The Kier molecular flexibility index (Phi) is 6.13. The van der Waals surface area contributed by atoms with Gasteiger partial charge in [-0.05, 0) is 60.9 Å². The molecule has 0 saturated heterocycles. The molecule has 4 rings (SSSR count). The van der Waals surface area contributed by atoms with E-state index in [9.17, 15) is 9.59 Å². The first-order chi connectivity index (χ1) is 14.2. The second kappa shape index (κ2) is 9.12.